The summed E-state index contributed by atoms with van der Waals surface area (Å²) in [6, 6.07) is 0. The number of rotatable bonds is 12. The molecule has 0 aromatic carbocycles. The van der Waals surface area contributed by atoms with Crippen LogP contribution in [0.25, 0.3) is 0 Å². The highest BCUT2D eigenvalue weighted by atomic mass is 31.2. The largest absolute Gasteiger partial charge is 0.379 e. The lowest BCUT2D eigenvalue weighted by molar-refractivity contribution is 0.0423. The average molecular weight is 474 g/mol. The summed E-state index contributed by atoms with van der Waals surface area (Å²) in [6.45, 7) is 12.8. The van der Waals surface area contributed by atoms with Crippen molar-refractivity contribution in [2.45, 2.75) is 27.7 Å². The topological polar surface area (TPSA) is 96.0 Å². The molecule has 0 aliphatic carbocycles. The summed E-state index contributed by atoms with van der Waals surface area (Å²) in [5.74, 6) is 0. The second kappa shape index (κ2) is 15.9. The highest BCUT2D eigenvalue weighted by Crippen LogP contribution is 2.49. The molecule has 0 aromatic heterocycles. The molecule has 1 aliphatic heterocycles. The Bertz CT molecular complexity index is 462. The fraction of sp³-hybridized carbons (Fsp3) is 1.00. The van der Waals surface area contributed by atoms with E-state index in [-0.39, 0.29) is 12.6 Å². The molecule has 0 bridgehead atoms. The van der Waals surface area contributed by atoms with Crippen LogP contribution in [0.2, 0.25) is 0 Å². The highest BCUT2D eigenvalue weighted by Gasteiger charge is 2.28. The van der Waals surface area contributed by atoms with Gasteiger partial charge in [-0.2, -0.15) is 0 Å². The van der Waals surface area contributed by atoms with Gasteiger partial charge in [-0.25, -0.2) is 0 Å². The van der Waals surface area contributed by atoms with E-state index in [2.05, 4.69) is 0 Å². The Morgan fingerprint density at radius 2 is 0.867 bits per heavy atom. The molecule has 30 heavy (non-hydrogen) atoms. The van der Waals surface area contributed by atoms with Crippen molar-refractivity contribution in [3.05, 3.63) is 0 Å². The van der Waals surface area contributed by atoms with Gasteiger partial charge in [-0.1, -0.05) is 0 Å². The molecule has 0 radical (unpaired) electrons. The summed E-state index contributed by atoms with van der Waals surface area (Å²) in [6.07, 6.45) is 0.416. The van der Waals surface area contributed by atoms with Gasteiger partial charge < -0.3 is 27.6 Å². The molecule has 0 aromatic rings. The molecule has 1 fully saturated rings. The second-order valence-corrected chi connectivity index (χ2v) is 10.7. The number of ether oxygens (including phenoxy) is 2. The van der Waals surface area contributed by atoms with E-state index in [0.29, 0.717) is 79.0 Å². The number of hydrogen-bond donors (Lipinski definition) is 0. The van der Waals surface area contributed by atoms with E-state index in [4.69, 9.17) is 27.6 Å². The van der Waals surface area contributed by atoms with Gasteiger partial charge in [-0.05, 0) is 27.7 Å². The Hall–Kier alpha value is 0.140. The molecule has 0 atom stereocenters. The van der Waals surface area contributed by atoms with Gasteiger partial charge in [0.1, 0.15) is 12.6 Å². The molecule has 0 amide bonds. The predicted octanol–water partition coefficient (Wildman–Crippen LogP) is 3.08. The quantitative estimate of drug-likeness (QED) is 0.393. The normalized spacial score (nSPS) is 19.3. The first-order valence-electron chi connectivity index (χ1n) is 10.8. The summed E-state index contributed by atoms with van der Waals surface area (Å²) in [4.78, 5) is 3.98. The highest BCUT2D eigenvalue weighted by molar-refractivity contribution is 7.54. The lowest BCUT2D eigenvalue weighted by Gasteiger charge is -2.29. The van der Waals surface area contributed by atoms with Crippen LogP contribution in [-0.4, -0.2) is 101 Å². The molecule has 0 spiro atoms. The van der Waals surface area contributed by atoms with Crippen LogP contribution in [0.3, 0.4) is 0 Å². The summed E-state index contributed by atoms with van der Waals surface area (Å²) in [7, 11) is -6.33. The molecule has 1 rings (SSSR count). The molecule has 1 saturated heterocycles. The minimum absolute atomic E-state index is 0.208. The molecule has 1 heterocycles. The van der Waals surface area contributed by atoms with Crippen LogP contribution in [0, 0.1) is 0 Å². The first kappa shape index (κ1) is 28.2. The summed E-state index contributed by atoms with van der Waals surface area (Å²) in [5, 5.41) is 0. The van der Waals surface area contributed by atoms with E-state index < -0.39 is 15.2 Å². The molecule has 0 N–H and O–H groups in total. The van der Waals surface area contributed by atoms with Gasteiger partial charge in [-0.15, -0.1) is 0 Å². The van der Waals surface area contributed by atoms with Crippen molar-refractivity contribution in [3.63, 3.8) is 0 Å². The van der Waals surface area contributed by atoms with Crippen molar-refractivity contribution in [3.8, 4) is 0 Å². The molecule has 180 valence electrons. The predicted molar refractivity (Wildman–Crippen MR) is 116 cm³/mol. The molecular weight excluding hydrogens is 434 g/mol. The van der Waals surface area contributed by atoms with Gasteiger partial charge in [0.15, 0.2) is 0 Å². The maximum Gasteiger partial charge on any atom is 0.344 e. The van der Waals surface area contributed by atoms with Gasteiger partial charge >= 0.3 is 15.2 Å². The molecule has 0 unspecified atom stereocenters. The first-order chi connectivity index (χ1) is 14.4. The van der Waals surface area contributed by atoms with Crippen molar-refractivity contribution in [2.75, 3.05) is 91.6 Å². The van der Waals surface area contributed by atoms with E-state index in [1.54, 1.807) is 27.7 Å². The van der Waals surface area contributed by atoms with E-state index in [1.807, 2.05) is 9.80 Å². The monoisotopic (exact) mass is 474 g/mol. The minimum Gasteiger partial charge on any atom is -0.379 e. The Balaban J connectivity index is 2.60. The van der Waals surface area contributed by atoms with Crippen LogP contribution in [0.5, 0.6) is 0 Å². The summed E-state index contributed by atoms with van der Waals surface area (Å²) in [5.41, 5.74) is 0. The van der Waals surface area contributed by atoms with E-state index in [1.165, 1.54) is 0 Å². The van der Waals surface area contributed by atoms with Gasteiger partial charge in [-0.3, -0.25) is 18.9 Å². The number of nitrogens with zero attached hydrogens (tertiary/aromatic N) is 2. The maximum absolute atomic E-state index is 12.8. The molecule has 0 saturated carbocycles. The zero-order valence-electron chi connectivity index (χ0n) is 19.0. The molecule has 1 aliphatic rings. The van der Waals surface area contributed by atoms with Crippen molar-refractivity contribution in [2.24, 2.45) is 0 Å². The van der Waals surface area contributed by atoms with Crippen molar-refractivity contribution in [1.82, 2.24) is 9.80 Å². The van der Waals surface area contributed by atoms with Gasteiger partial charge in [0.2, 0.25) is 0 Å². The van der Waals surface area contributed by atoms with Crippen LogP contribution >= 0.6 is 15.2 Å². The molecule has 10 nitrogen and oxygen atoms in total. The van der Waals surface area contributed by atoms with Gasteiger partial charge in [0.25, 0.3) is 0 Å². The van der Waals surface area contributed by atoms with Crippen LogP contribution < -0.4 is 0 Å². The Morgan fingerprint density at radius 3 is 1.10 bits per heavy atom. The van der Waals surface area contributed by atoms with Crippen molar-refractivity contribution in [1.29, 1.82) is 0 Å². The van der Waals surface area contributed by atoms with E-state index >= 15 is 0 Å². The Morgan fingerprint density at radius 1 is 0.600 bits per heavy atom. The fourth-order valence-electron chi connectivity index (χ4n) is 3.00. The van der Waals surface area contributed by atoms with Crippen molar-refractivity contribution >= 4 is 15.2 Å². The first-order valence-corrected chi connectivity index (χ1v) is 14.2. The summed E-state index contributed by atoms with van der Waals surface area (Å²) >= 11 is 0. The number of hydrogen-bond acceptors (Lipinski definition) is 10. The van der Waals surface area contributed by atoms with Gasteiger partial charge in [0, 0.05) is 26.2 Å². The SMILES string of the molecule is CCOP(=O)(CN1CCOCCN(CP(=O)(OCC)OCC)CCOCC1)OCC. The van der Waals surface area contributed by atoms with Crippen LogP contribution in [0.1, 0.15) is 27.7 Å². The van der Waals surface area contributed by atoms with Crippen molar-refractivity contribution < 1.29 is 36.7 Å². The lowest BCUT2D eigenvalue weighted by atomic mass is 10.5. The van der Waals surface area contributed by atoms with Crippen LogP contribution in [0.4, 0.5) is 0 Å². The molecule has 12 heteroatoms. The minimum atomic E-state index is -3.16. The molecular formula is C18H40N2O8P2. The van der Waals surface area contributed by atoms with Crippen LogP contribution in [0.15, 0.2) is 0 Å². The van der Waals surface area contributed by atoms with E-state index in [0.717, 1.165) is 0 Å². The summed E-state index contributed by atoms with van der Waals surface area (Å²) < 4.78 is 58.8. The standard InChI is InChI=1S/C18H40N2O8P2/c1-5-25-29(21,26-6-2)17-19-9-13-23-15-11-20(12-16-24-14-10-19)18-30(22,27-7-3)28-8-4/h5-18H2,1-4H3. The van der Waals surface area contributed by atoms with E-state index in [9.17, 15) is 9.13 Å². The van der Waals surface area contributed by atoms with Crippen LogP contribution in [-0.2, 0) is 36.7 Å². The third-order valence-electron chi connectivity index (χ3n) is 4.26. The second-order valence-electron chi connectivity index (χ2n) is 6.64. The third-order valence-corrected chi connectivity index (χ3v) is 8.36. The maximum atomic E-state index is 12.8. The Kier molecular flexibility index (Phi) is 14.9. The van der Waals surface area contributed by atoms with Gasteiger partial charge in [0.05, 0.1) is 52.9 Å². The lowest BCUT2D eigenvalue weighted by Crippen LogP contribution is -2.37. The average Bonchev–Trinajstić information content (AvgIpc) is 2.66. The fourth-order valence-corrected chi connectivity index (χ4v) is 6.59. The smallest absolute Gasteiger partial charge is 0.344 e. The third kappa shape index (κ3) is 11.7. The zero-order valence-corrected chi connectivity index (χ0v) is 20.7. The Labute approximate surface area is 181 Å². The zero-order chi connectivity index (χ0) is 22.3.